The van der Waals surface area contributed by atoms with Crippen LogP contribution in [0.3, 0.4) is 0 Å². The van der Waals surface area contributed by atoms with Crippen molar-refractivity contribution < 1.29 is 9.53 Å². The van der Waals surface area contributed by atoms with Gasteiger partial charge in [-0.05, 0) is 48.7 Å². The Hall–Kier alpha value is -3.48. The first-order chi connectivity index (χ1) is 13.6. The first-order valence-electron chi connectivity index (χ1n) is 8.95. The number of pyridine rings is 1. The maximum atomic E-state index is 12.6. The van der Waals surface area contributed by atoms with Crippen molar-refractivity contribution >= 4 is 17.4 Å². The maximum Gasteiger partial charge on any atom is 0.273 e. The van der Waals surface area contributed by atoms with E-state index in [1.54, 1.807) is 37.6 Å². The second kappa shape index (κ2) is 8.94. The number of hydrogen-bond acceptors (Lipinski definition) is 6. The van der Waals surface area contributed by atoms with Gasteiger partial charge in [-0.15, -0.1) is 0 Å². The van der Waals surface area contributed by atoms with Gasteiger partial charge in [0, 0.05) is 26.0 Å². The Kier molecular flexibility index (Phi) is 6.16. The molecule has 3 rings (SSSR count). The third-order valence-corrected chi connectivity index (χ3v) is 4.32. The van der Waals surface area contributed by atoms with Crippen molar-refractivity contribution in [3.63, 3.8) is 0 Å². The van der Waals surface area contributed by atoms with Crippen molar-refractivity contribution in [2.24, 2.45) is 0 Å². The van der Waals surface area contributed by atoms with Crippen molar-refractivity contribution in [2.45, 2.75) is 13.3 Å². The number of rotatable bonds is 7. The van der Waals surface area contributed by atoms with Crippen molar-refractivity contribution in [1.82, 2.24) is 19.9 Å². The molecule has 0 radical (unpaired) electrons. The predicted octanol–water partition coefficient (Wildman–Crippen LogP) is 3.25. The molecule has 7 nitrogen and oxygen atoms in total. The Morgan fingerprint density at radius 2 is 1.93 bits per heavy atom. The van der Waals surface area contributed by atoms with Crippen LogP contribution in [0.2, 0.25) is 0 Å². The molecule has 7 heteroatoms. The lowest BCUT2D eigenvalue weighted by atomic mass is 10.2. The van der Waals surface area contributed by atoms with Crippen LogP contribution in [0, 0.1) is 6.92 Å². The highest BCUT2D eigenvalue weighted by atomic mass is 16.5. The molecule has 0 saturated heterocycles. The number of benzene rings is 1. The molecule has 1 amide bonds. The number of nitrogens with zero attached hydrogens (tertiary/aromatic N) is 4. The number of amides is 1. The van der Waals surface area contributed by atoms with E-state index < -0.39 is 0 Å². The predicted molar refractivity (Wildman–Crippen MR) is 108 cm³/mol. The molecule has 0 saturated carbocycles. The zero-order valence-corrected chi connectivity index (χ0v) is 16.2. The van der Waals surface area contributed by atoms with Crippen molar-refractivity contribution in [3.05, 3.63) is 71.9 Å². The number of likely N-dealkylation sites (N-methyl/N-ethyl adjacent to an activating group) is 1. The van der Waals surface area contributed by atoms with Crippen LogP contribution >= 0.6 is 0 Å². The Morgan fingerprint density at radius 3 is 2.61 bits per heavy atom. The van der Waals surface area contributed by atoms with Gasteiger partial charge in [0.1, 0.15) is 17.3 Å². The van der Waals surface area contributed by atoms with Gasteiger partial charge in [0.05, 0.1) is 25.2 Å². The molecule has 3 aromatic rings. The number of aryl methyl sites for hydroxylation is 1. The van der Waals surface area contributed by atoms with E-state index in [-0.39, 0.29) is 5.91 Å². The fourth-order valence-corrected chi connectivity index (χ4v) is 2.70. The average Bonchev–Trinajstić information content (AvgIpc) is 2.73. The number of carbonyl (C=O) groups is 1. The van der Waals surface area contributed by atoms with E-state index in [0.29, 0.717) is 23.8 Å². The normalized spacial score (nSPS) is 10.4. The molecule has 2 aromatic heterocycles. The number of carbonyl (C=O) groups excluding carboxylic acids is 1. The lowest BCUT2D eigenvalue weighted by molar-refractivity contribution is 0.0790. The van der Waals surface area contributed by atoms with Crippen molar-refractivity contribution in [2.75, 3.05) is 26.0 Å². The van der Waals surface area contributed by atoms with Crippen LogP contribution in [-0.4, -0.2) is 46.5 Å². The van der Waals surface area contributed by atoms with Crippen molar-refractivity contribution in [3.8, 4) is 5.75 Å². The van der Waals surface area contributed by atoms with Gasteiger partial charge in [0.15, 0.2) is 0 Å². The molecule has 1 N–H and O–H groups in total. The van der Waals surface area contributed by atoms with Gasteiger partial charge in [-0.2, -0.15) is 0 Å². The second-order valence-electron chi connectivity index (χ2n) is 6.45. The van der Waals surface area contributed by atoms with E-state index in [9.17, 15) is 4.79 Å². The summed E-state index contributed by atoms with van der Waals surface area (Å²) in [5.41, 5.74) is 3.33. The molecule has 144 valence electrons. The summed E-state index contributed by atoms with van der Waals surface area (Å²) >= 11 is 0. The largest absolute Gasteiger partial charge is 0.495 e. The summed E-state index contributed by atoms with van der Waals surface area (Å²) in [7, 11) is 3.38. The zero-order chi connectivity index (χ0) is 19.9. The van der Waals surface area contributed by atoms with E-state index in [0.717, 1.165) is 23.2 Å². The summed E-state index contributed by atoms with van der Waals surface area (Å²) < 4.78 is 5.35. The molecule has 0 atom stereocenters. The van der Waals surface area contributed by atoms with E-state index >= 15 is 0 Å². The summed E-state index contributed by atoms with van der Waals surface area (Å²) in [5.74, 6) is 1.09. The van der Waals surface area contributed by atoms with E-state index in [1.807, 2.05) is 37.3 Å². The first kappa shape index (κ1) is 19.3. The zero-order valence-electron chi connectivity index (χ0n) is 16.2. The minimum atomic E-state index is -0.166. The molecule has 2 heterocycles. The summed E-state index contributed by atoms with van der Waals surface area (Å²) in [6.45, 7) is 2.59. The van der Waals surface area contributed by atoms with Gasteiger partial charge >= 0.3 is 0 Å². The van der Waals surface area contributed by atoms with E-state index in [1.165, 1.54) is 6.20 Å². The number of anilines is 2. The van der Waals surface area contributed by atoms with Crippen molar-refractivity contribution in [1.29, 1.82) is 0 Å². The van der Waals surface area contributed by atoms with Crippen LogP contribution in [0.5, 0.6) is 5.75 Å². The molecule has 1 aromatic carbocycles. The monoisotopic (exact) mass is 377 g/mol. The molecule has 28 heavy (non-hydrogen) atoms. The third-order valence-electron chi connectivity index (χ3n) is 4.32. The van der Waals surface area contributed by atoms with Crippen LogP contribution in [0.25, 0.3) is 0 Å². The fraction of sp³-hybridized carbons (Fsp3) is 0.238. The number of hydrogen-bond donors (Lipinski definition) is 1. The molecule has 0 aliphatic heterocycles. The highest BCUT2D eigenvalue weighted by Crippen LogP contribution is 2.27. The number of aromatic nitrogens is 3. The summed E-state index contributed by atoms with van der Waals surface area (Å²) in [6.07, 6.45) is 7.28. The second-order valence-corrected chi connectivity index (χ2v) is 6.45. The van der Waals surface area contributed by atoms with Crippen LogP contribution in [0.15, 0.2) is 55.1 Å². The third kappa shape index (κ3) is 4.82. The highest BCUT2D eigenvalue weighted by molar-refractivity contribution is 5.92. The lowest BCUT2D eigenvalue weighted by Gasteiger charge is -2.16. The fourth-order valence-electron chi connectivity index (χ4n) is 2.70. The maximum absolute atomic E-state index is 12.6. The number of nitrogens with one attached hydrogen (secondary N) is 1. The molecular formula is C21H23N5O2. The minimum Gasteiger partial charge on any atom is -0.495 e. The van der Waals surface area contributed by atoms with Crippen LogP contribution in [-0.2, 0) is 6.42 Å². The molecule has 0 aliphatic rings. The Bertz CT molecular complexity index is 929. The van der Waals surface area contributed by atoms with Gasteiger partial charge in [0.2, 0.25) is 0 Å². The van der Waals surface area contributed by atoms with Crippen LogP contribution in [0.4, 0.5) is 11.5 Å². The standard InChI is InChI=1S/C21H23N5O2/c1-15-4-5-19(28-3)17(12-15)25-20-14-23-18(13-24-20)21(27)26(2)11-8-16-6-9-22-10-7-16/h4-7,9-10,12-14H,8,11H2,1-3H3,(H,24,25). The molecule has 0 spiro atoms. The van der Waals surface area contributed by atoms with E-state index in [2.05, 4.69) is 20.3 Å². The molecule has 0 unspecified atom stereocenters. The lowest BCUT2D eigenvalue weighted by Crippen LogP contribution is -2.29. The topological polar surface area (TPSA) is 80.2 Å². The van der Waals surface area contributed by atoms with E-state index in [4.69, 9.17) is 4.74 Å². The van der Waals surface area contributed by atoms with Gasteiger partial charge in [-0.3, -0.25) is 9.78 Å². The SMILES string of the molecule is COc1ccc(C)cc1Nc1cnc(C(=O)N(C)CCc2ccncc2)cn1. The quantitative estimate of drug-likeness (QED) is 0.681. The molecule has 0 aliphatic carbocycles. The molecule has 0 bridgehead atoms. The number of ether oxygens (including phenoxy) is 1. The van der Waals surface area contributed by atoms with Gasteiger partial charge in [-0.25, -0.2) is 9.97 Å². The smallest absolute Gasteiger partial charge is 0.273 e. The van der Waals surface area contributed by atoms with Crippen LogP contribution in [0.1, 0.15) is 21.6 Å². The molecular weight excluding hydrogens is 354 g/mol. The minimum absolute atomic E-state index is 0.166. The number of methoxy groups -OCH3 is 1. The summed E-state index contributed by atoms with van der Waals surface area (Å²) in [6, 6.07) is 9.71. The van der Waals surface area contributed by atoms with Gasteiger partial charge in [0.25, 0.3) is 5.91 Å². The highest BCUT2D eigenvalue weighted by Gasteiger charge is 2.14. The summed E-state index contributed by atoms with van der Waals surface area (Å²) in [4.78, 5) is 26.8. The van der Waals surface area contributed by atoms with Gasteiger partial charge < -0.3 is 15.0 Å². The van der Waals surface area contributed by atoms with Crippen LogP contribution < -0.4 is 10.1 Å². The van der Waals surface area contributed by atoms with Gasteiger partial charge in [-0.1, -0.05) is 6.07 Å². The Balaban J connectivity index is 1.63. The first-order valence-corrected chi connectivity index (χ1v) is 8.95. The Morgan fingerprint density at radius 1 is 1.14 bits per heavy atom. The summed E-state index contributed by atoms with van der Waals surface area (Å²) in [5, 5.41) is 3.18. The average molecular weight is 377 g/mol. The Labute approximate surface area is 164 Å². The molecule has 0 fully saturated rings.